The molecule has 0 fully saturated rings. The summed E-state index contributed by atoms with van der Waals surface area (Å²) in [5.74, 6) is -0.246. The second-order valence-electron chi connectivity index (χ2n) is 4.70. The number of hydrogen-bond donors (Lipinski definition) is 2. The fourth-order valence-corrected chi connectivity index (χ4v) is 1.80. The molecule has 0 aliphatic rings. The van der Waals surface area contributed by atoms with Gasteiger partial charge in [0.25, 0.3) is 0 Å². The third-order valence-corrected chi connectivity index (χ3v) is 2.87. The number of nitrogens with zero attached hydrogens (tertiary/aromatic N) is 1. The summed E-state index contributed by atoms with van der Waals surface area (Å²) in [6.45, 7) is 1.42. The predicted octanol–water partition coefficient (Wildman–Crippen LogP) is 2.04. The largest absolute Gasteiger partial charge is 0.493 e. The molecule has 8 heteroatoms. The lowest BCUT2D eigenvalue weighted by Gasteiger charge is -2.10. The molecule has 24 heavy (non-hydrogen) atoms. The van der Waals surface area contributed by atoms with Gasteiger partial charge in [-0.05, 0) is 35.9 Å². The van der Waals surface area contributed by atoms with Crippen molar-refractivity contribution >= 4 is 18.1 Å². The molecule has 1 amide bonds. The lowest BCUT2D eigenvalue weighted by molar-refractivity contribution is -0.118. The number of hydrazone groups is 1. The van der Waals surface area contributed by atoms with Crippen molar-refractivity contribution in [2.45, 2.75) is 13.5 Å². The zero-order valence-electron chi connectivity index (χ0n) is 13.1. The highest BCUT2D eigenvalue weighted by Gasteiger charge is 2.11. The summed E-state index contributed by atoms with van der Waals surface area (Å²) in [5, 5.41) is 12.6. The van der Waals surface area contributed by atoms with Crippen molar-refractivity contribution in [3.8, 4) is 11.5 Å². The number of nitrogens with one attached hydrogen (secondary N) is 1. The zero-order valence-corrected chi connectivity index (χ0v) is 13.1. The molecule has 0 bridgehead atoms. The van der Waals surface area contributed by atoms with Gasteiger partial charge in [0.1, 0.15) is 12.4 Å². The van der Waals surface area contributed by atoms with Crippen LogP contribution in [0.2, 0.25) is 0 Å². The molecule has 8 nitrogen and oxygen atoms in total. The van der Waals surface area contributed by atoms with E-state index in [1.54, 1.807) is 18.2 Å². The van der Waals surface area contributed by atoms with E-state index in [2.05, 4.69) is 10.5 Å². The molecule has 2 rings (SSSR count). The number of benzene rings is 1. The molecule has 1 heterocycles. The summed E-state index contributed by atoms with van der Waals surface area (Å²) >= 11 is 0. The lowest BCUT2D eigenvalue weighted by Crippen LogP contribution is -2.12. The number of hydrogen-bond acceptors (Lipinski definition) is 6. The summed E-state index contributed by atoms with van der Waals surface area (Å²) in [4.78, 5) is 21.5. The third-order valence-electron chi connectivity index (χ3n) is 2.87. The van der Waals surface area contributed by atoms with Crippen LogP contribution in [0, 0.1) is 0 Å². The van der Waals surface area contributed by atoms with Crippen LogP contribution in [0.3, 0.4) is 0 Å². The van der Waals surface area contributed by atoms with Gasteiger partial charge in [0.2, 0.25) is 11.7 Å². The fourth-order valence-electron chi connectivity index (χ4n) is 1.80. The summed E-state index contributed by atoms with van der Waals surface area (Å²) in [7, 11) is 1.49. The Hall–Kier alpha value is -3.29. The van der Waals surface area contributed by atoms with Gasteiger partial charge in [-0.25, -0.2) is 10.2 Å². The van der Waals surface area contributed by atoms with Crippen LogP contribution in [0.5, 0.6) is 11.5 Å². The maximum Gasteiger partial charge on any atom is 0.371 e. The van der Waals surface area contributed by atoms with Gasteiger partial charge in [-0.3, -0.25) is 4.79 Å². The monoisotopic (exact) mass is 332 g/mol. The van der Waals surface area contributed by atoms with E-state index >= 15 is 0 Å². The first kappa shape index (κ1) is 17.1. The Morgan fingerprint density at radius 2 is 2.08 bits per heavy atom. The molecule has 1 aromatic carbocycles. The number of carboxylic acids is 1. The van der Waals surface area contributed by atoms with Crippen molar-refractivity contribution in [2.24, 2.45) is 5.10 Å². The van der Waals surface area contributed by atoms with Gasteiger partial charge in [0.05, 0.1) is 13.3 Å². The molecule has 0 atom stereocenters. The number of ether oxygens (including phenoxy) is 2. The normalized spacial score (nSPS) is 10.6. The Balaban J connectivity index is 2.05. The van der Waals surface area contributed by atoms with Gasteiger partial charge in [0.15, 0.2) is 11.5 Å². The Kier molecular flexibility index (Phi) is 5.56. The second kappa shape index (κ2) is 7.82. The number of amides is 1. The SMILES string of the molecule is COc1cc(C=NNC(C)=O)ccc1OCc1ccc(C(=O)O)o1. The zero-order chi connectivity index (χ0) is 17.5. The lowest BCUT2D eigenvalue weighted by atomic mass is 10.2. The van der Waals surface area contributed by atoms with E-state index in [0.717, 1.165) is 0 Å². The summed E-state index contributed by atoms with van der Waals surface area (Å²) < 4.78 is 15.9. The highest BCUT2D eigenvalue weighted by atomic mass is 16.5. The van der Waals surface area contributed by atoms with Gasteiger partial charge >= 0.3 is 5.97 Å². The number of rotatable bonds is 7. The number of furan rings is 1. The van der Waals surface area contributed by atoms with Crippen LogP contribution >= 0.6 is 0 Å². The Labute approximate surface area is 137 Å². The van der Waals surface area contributed by atoms with Gasteiger partial charge in [0, 0.05) is 6.92 Å². The molecular formula is C16H16N2O6. The first-order chi connectivity index (χ1) is 11.5. The minimum absolute atomic E-state index is 0.0585. The Bertz CT molecular complexity index is 766. The van der Waals surface area contributed by atoms with Crippen LogP contribution in [0.1, 0.15) is 28.8 Å². The molecule has 0 aliphatic heterocycles. The summed E-state index contributed by atoms with van der Waals surface area (Å²) in [5.41, 5.74) is 3.01. The average Bonchev–Trinajstić information content (AvgIpc) is 3.02. The number of carbonyl (C=O) groups excluding carboxylic acids is 1. The highest BCUT2D eigenvalue weighted by molar-refractivity contribution is 5.84. The summed E-state index contributed by atoms with van der Waals surface area (Å²) in [6, 6.07) is 7.98. The quantitative estimate of drug-likeness (QED) is 0.593. The molecule has 2 aromatic rings. The first-order valence-corrected chi connectivity index (χ1v) is 6.92. The van der Waals surface area contributed by atoms with Crippen molar-refractivity contribution in [1.82, 2.24) is 5.43 Å². The first-order valence-electron chi connectivity index (χ1n) is 6.92. The van der Waals surface area contributed by atoms with E-state index in [4.69, 9.17) is 19.0 Å². The van der Waals surface area contributed by atoms with E-state index in [0.29, 0.717) is 22.8 Å². The van der Waals surface area contributed by atoms with Gasteiger partial charge in [-0.1, -0.05) is 0 Å². The van der Waals surface area contributed by atoms with Crippen LogP contribution in [-0.4, -0.2) is 30.3 Å². The highest BCUT2D eigenvalue weighted by Crippen LogP contribution is 2.28. The van der Waals surface area contributed by atoms with E-state index in [1.165, 1.54) is 32.4 Å². The molecule has 0 saturated heterocycles. The maximum absolute atomic E-state index is 10.8. The van der Waals surface area contributed by atoms with Crippen LogP contribution < -0.4 is 14.9 Å². The summed E-state index contributed by atoms with van der Waals surface area (Å²) in [6.07, 6.45) is 1.47. The van der Waals surface area contributed by atoms with E-state index in [-0.39, 0.29) is 18.3 Å². The van der Waals surface area contributed by atoms with E-state index in [9.17, 15) is 9.59 Å². The molecule has 0 radical (unpaired) electrons. The third kappa shape index (κ3) is 4.60. The Morgan fingerprint density at radius 1 is 1.29 bits per heavy atom. The molecule has 0 spiro atoms. The minimum Gasteiger partial charge on any atom is -0.493 e. The predicted molar refractivity (Wildman–Crippen MR) is 84.4 cm³/mol. The Morgan fingerprint density at radius 3 is 2.71 bits per heavy atom. The van der Waals surface area contributed by atoms with Crippen molar-refractivity contribution in [3.05, 3.63) is 47.4 Å². The smallest absolute Gasteiger partial charge is 0.371 e. The van der Waals surface area contributed by atoms with E-state index in [1.807, 2.05) is 0 Å². The van der Waals surface area contributed by atoms with Crippen molar-refractivity contribution in [3.63, 3.8) is 0 Å². The standard InChI is InChI=1S/C16H16N2O6/c1-10(19)18-17-8-11-3-5-13(15(7-11)22-2)23-9-12-4-6-14(24-12)16(20)21/h3-8H,9H2,1-2H3,(H,18,19)(H,20,21). The fraction of sp³-hybridized carbons (Fsp3) is 0.188. The van der Waals surface area contributed by atoms with Crippen molar-refractivity contribution in [1.29, 1.82) is 0 Å². The van der Waals surface area contributed by atoms with Crippen molar-refractivity contribution < 1.29 is 28.6 Å². The van der Waals surface area contributed by atoms with Gasteiger partial charge < -0.3 is 19.0 Å². The van der Waals surface area contributed by atoms with Crippen LogP contribution in [0.15, 0.2) is 39.9 Å². The second-order valence-corrected chi connectivity index (χ2v) is 4.70. The van der Waals surface area contributed by atoms with Gasteiger partial charge in [-0.15, -0.1) is 0 Å². The van der Waals surface area contributed by atoms with Crippen LogP contribution in [-0.2, 0) is 11.4 Å². The van der Waals surface area contributed by atoms with Gasteiger partial charge in [-0.2, -0.15) is 5.10 Å². The van der Waals surface area contributed by atoms with Crippen molar-refractivity contribution in [2.75, 3.05) is 7.11 Å². The molecule has 2 N–H and O–H groups in total. The maximum atomic E-state index is 10.8. The number of methoxy groups -OCH3 is 1. The number of carboxylic acid groups (broad SMARTS) is 1. The topological polar surface area (TPSA) is 110 Å². The number of aromatic carboxylic acids is 1. The molecule has 0 aliphatic carbocycles. The number of carbonyl (C=O) groups is 2. The molecule has 0 unspecified atom stereocenters. The van der Waals surface area contributed by atoms with E-state index < -0.39 is 5.97 Å². The molecule has 126 valence electrons. The van der Waals surface area contributed by atoms with Crippen LogP contribution in [0.25, 0.3) is 0 Å². The molecule has 0 saturated carbocycles. The molecule has 1 aromatic heterocycles. The molecular weight excluding hydrogens is 316 g/mol. The van der Waals surface area contributed by atoms with Crippen LogP contribution in [0.4, 0.5) is 0 Å². The average molecular weight is 332 g/mol. The minimum atomic E-state index is -1.14.